The maximum absolute atomic E-state index is 12.9. The minimum absolute atomic E-state index is 0.179. The van der Waals surface area contributed by atoms with E-state index in [1.807, 2.05) is 20.8 Å². The van der Waals surface area contributed by atoms with Crippen molar-refractivity contribution >= 4 is 5.82 Å². The van der Waals surface area contributed by atoms with E-state index >= 15 is 0 Å². The molecule has 1 aromatic carbocycles. The van der Waals surface area contributed by atoms with E-state index in [4.69, 9.17) is 5.73 Å². The van der Waals surface area contributed by atoms with E-state index in [1.165, 1.54) is 12.1 Å². The van der Waals surface area contributed by atoms with Crippen LogP contribution in [0.25, 0.3) is 5.69 Å². The summed E-state index contributed by atoms with van der Waals surface area (Å²) >= 11 is 0. The van der Waals surface area contributed by atoms with Gasteiger partial charge in [0.15, 0.2) is 5.82 Å². The second-order valence-electron chi connectivity index (χ2n) is 4.96. The van der Waals surface area contributed by atoms with E-state index in [1.54, 1.807) is 16.8 Å². The maximum Gasteiger partial charge on any atom is 0.170 e. The molecule has 0 aliphatic rings. The van der Waals surface area contributed by atoms with Crippen LogP contribution in [0.5, 0.6) is 0 Å². The number of hydrogen-bond acceptors (Lipinski definition) is 3. The normalized spacial score (nSPS) is 11.8. The van der Waals surface area contributed by atoms with Gasteiger partial charge in [0.2, 0.25) is 0 Å². The van der Waals surface area contributed by atoms with E-state index in [0.717, 1.165) is 11.4 Å². The van der Waals surface area contributed by atoms with E-state index in [-0.39, 0.29) is 11.2 Å². The fraction of sp³-hybridized carbons (Fsp3) is 0.333. The number of nitrogen functional groups attached to an aromatic ring is 1. The molecule has 2 aromatic rings. The molecule has 0 fully saturated rings. The third-order valence-corrected chi connectivity index (χ3v) is 2.48. The summed E-state index contributed by atoms with van der Waals surface area (Å²) in [5.41, 5.74) is 7.22. The van der Waals surface area contributed by atoms with Gasteiger partial charge in [-0.25, -0.2) is 9.07 Å². The molecule has 0 saturated carbocycles. The minimum atomic E-state index is -0.279. The topological polar surface area (TPSA) is 56.7 Å². The summed E-state index contributed by atoms with van der Waals surface area (Å²) in [7, 11) is 0. The summed E-state index contributed by atoms with van der Waals surface area (Å²) in [6, 6.07) is 6.08. The Balaban J connectivity index is 2.57. The van der Waals surface area contributed by atoms with E-state index in [0.29, 0.717) is 5.82 Å². The van der Waals surface area contributed by atoms with Crippen molar-refractivity contribution < 1.29 is 4.39 Å². The maximum atomic E-state index is 12.9. The quantitative estimate of drug-likeness (QED) is 0.823. The van der Waals surface area contributed by atoms with Crippen LogP contribution in [0.2, 0.25) is 0 Å². The van der Waals surface area contributed by atoms with Crippen LogP contribution in [0.15, 0.2) is 24.3 Å². The third-order valence-electron chi connectivity index (χ3n) is 2.48. The van der Waals surface area contributed by atoms with Crippen molar-refractivity contribution in [2.75, 3.05) is 5.73 Å². The zero-order chi connectivity index (χ0) is 12.6. The van der Waals surface area contributed by atoms with Gasteiger partial charge in [-0.1, -0.05) is 26.0 Å². The number of nitrogens with two attached hydrogens (primary N) is 1. The highest BCUT2D eigenvalue weighted by Crippen LogP contribution is 2.28. The number of hydrogen-bond donors (Lipinski definition) is 1. The summed E-state index contributed by atoms with van der Waals surface area (Å²) in [5, 5.41) is 7.88. The third kappa shape index (κ3) is 2.13. The smallest absolute Gasteiger partial charge is 0.170 e. The molecule has 0 radical (unpaired) electrons. The Morgan fingerprint density at radius 1 is 1.18 bits per heavy atom. The van der Waals surface area contributed by atoms with Crippen LogP contribution >= 0.6 is 0 Å². The molecule has 4 nitrogen and oxygen atoms in total. The molecule has 2 N–H and O–H groups in total. The Hall–Kier alpha value is -1.91. The van der Waals surface area contributed by atoms with Gasteiger partial charge in [-0.2, -0.15) is 0 Å². The Kier molecular flexibility index (Phi) is 2.61. The molecule has 0 aliphatic carbocycles. The second-order valence-corrected chi connectivity index (χ2v) is 4.96. The lowest BCUT2D eigenvalue weighted by molar-refractivity contribution is 0.544. The van der Waals surface area contributed by atoms with Gasteiger partial charge in [-0.15, -0.1) is 5.10 Å². The lowest BCUT2D eigenvalue weighted by Gasteiger charge is -2.20. The van der Waals surface area contributed by atoms with Gasteiger partial charge in [-0.3, -0.25) is 0 Å². The molecular formula is C12H15FN4. The lowest BCUT2D eigenvalue weighted by atomic mass is 9.91. The van der Waals surface area contributed by atoms with Crippen molar-refractivity contribution in [3.63, 3.8) is 0 Å². The van der Waals surface area contributed by atoms with Crippen LogP contribution in [-0.2, 0) is 5.41 Å². The first-order chi connectivity index (χ1) is 7.89. The zero-order valence-corrected chi connectivity index (χ0v) is 10.1. The Labute approximate surface area is 99.2 Å². The van der Waals surface area contributed by atoms with Crippen LogP contribution in [0.1, 0.15) is 26.5 Å². The monoisotopic (exact) mass is 234 g/mol. The number of aromatic nitrogens is 3. The van der Waals surface area contributed by atoms with Crippen LogP contribution < -0.4 is 5.73 Å². The van der Waals surface area contributed by atoms with Crippen molar-refractivity contribution in [1.29, 1.82) is 0 Å². The van der Waals surface area contributed by atoms with Gasteiger partial charge in [0, 0.05) is 5.41 Å². The molecule has 1 heterocycles. The Morgan fingerprint density at radius 2 is 1.76 bits per heavy atom. The number of rotatable bonds is 1. The van der Waals surface area contributed by atoms with Crippen LogP contribution in [0.3, 0.4) is 0 Å². The van der Waals surface area contributed by atoms with E-state index < -0.39 is 0 Å². The summed E-state index contributed by atoms with van der Waals surface area (Å²) < 4.78 is 14.5. The molecule has 5 heteroatoms. The highest BCUT2D eigenvalue weighted by molar-refractivity contribution is 5.44. The molecule has 0 saturated heterocycles. The van der Waals surface area contributed by atoms with Crippen molar-refractivity contribution in [2.45, 2.75) is 26.2 Å². The average Bonchev–Trinajstić information content (AvgIpc) is 2.61. The Bertz CT molecular complexity index is 522. The fourth-order valence-corrected chi connectivity index (χ4v) is 1.76. The number of benzene rings is 1. The lowest BCUT2D eigenvalue weighted by Crippen LogP contribution is -2.19. The van der Waals surface area contributed by atoms with Gasteiger partial charge in [-0.05, 0) is 24.3 Å². The highest BCUT2D eigenvalue weighted by Gasteiger charge is 2.24. The SMILES string of the molecule is CC(C)(C)c1c(N)nnn1-c1ccc(F)cc1. The first-order valence-electron chi connectivity index (χ1n) is 5.37. The van der Waals surface area contributed by atoms with Crippen LogP contribution in [0, 0.1) is 5.82 Å². The molecule has 2 rings (SSSR count). The van der Waals surface area contributed by atoms with Crippen LogP contribution in [-0.4, -0.2) is 15.0 Å². The molecule has 1 aromatic heterocycles. The predicted octanol–water partition coefficient (Wildman–Crippen LogP) is 2.29. The van der Waals surface area contributed by atoms with Crippen molar-refractivity contribution in [3.05, 3.63) is 35.8 Å². The van der Waals surface area contributed by atoms with Gasteiger partial charge in [0.1, 0.15) is 5.82 Å². The van der Waals surface area contributed by atoms with Gasteiger partial charge in [0.25, 0.3) is 0 Å². The van der Waals surface area contributed by atoms with Crippen molar-refractivity contribution in [1.82, 2.24) is 15.0 Å². The average molecular weight is 234 g/mol. The molecule has 0 aliphatic heterocycles. The molecule has 17 heavy (non-hydrogen) atoms. The molecule has 0 atom stereocenters. The highest BCUT2D eigenvalue weighted by atomic mass is 19.1. The van der Waals surface area contributed by atoms with E-state index in [2.05, 4.69) is 10.3 Å². The standard InChI is InChI=1S/C12H15FN4/c1-12(2,3)10-11(14)15-16-17(10)9-6-4-8(13)5-7-9/h4-7H,14H2,1-3H3. The molecule has 0 unspecified atom stereocenters. The van der Waals surface area contributed by atoms with Gasteiger partial charge >= 0.3 is 0 Å². The van der Waals surface area contributed by atoms with Crippen molar-refractivity contribution in [3.8, 4) is 5.69 Å². The number of anilines is 1. The van der Waals surface area contributed by atoms with Gasteiger partial charge in [0.05, 0.1) is 11.4 Å². The molecule has 90 valence electrons. The largest absolute Gasteiger partial charge is 0.381 e. The minimum Gasteiger partial charge on any atom is -0.381 e. The number of halogens is 1. The summed E-state index contributed by atoms with van der Waals surface area (Å²) in [6.45, 7) is 6.09. The molecule has 0 bridgehead atoms. The second kappa shape index (κ2) is 3.84. The van der Waals surface area contributed by atoms with E-state index in [9.17, 15) is 4.39 Å². The fourth-order valence-electron chi connectivity index (χ4n) is 1.76. The first kappa shape index (κ1) is 11.6. The summed E-state index contributed by atoms with van der Waals surface area (Å²) in [5.74, 6) is 0.126. The summed E-state index contributed by atoms with van der Waals surface area (Å²) in [6.07, 6.45) is 0. The first-order valence-corrected chi connectivity index (χ1v) is 5.37. The van der Waals surface area contributed by atoms with Crippen molar-refractivity contribution in [2.24, 2.45) is 0 Å². The molecule has 0 spiro atoms. The predicted molar refractivity (Wildman–Crippen MR) is 64.4 cm³/mol. The molecule has 0 amide bonds. The molecular weight excluding hydrogens is 219 g/mol. The van der Waals surface area contributed by atoms with Crippen LogP contribution in [0.4, 0.5) is 10.2 Å². The summed E-state index contributed by atoms with van der Waals surface area (Å²) in [4.78, 5) is 0. The number of nitrogens with zero attached hydrogens (tertiary/aromatic N) is 3. The zero-order valence-electron chi connectivity index (χ0n) is 10.1. The Morgan fingerprint density at radius 3 is 2.29 bits per heavy atom. The van der Waals surface area contributed by atoms with Gasteiger partial charge < -0.3 is 5.73 Å².